The van der Waals surface area contributed by atoms with Crippen molar-refractivity contribution >= 4 is 27.7 Å². The summed E-state index contributed by atoms with van der Waals surface area (Å²) in [6, 6.07) is 3.64. The van der Waals surface area contributed by atoms with E-state index >= 15 is 0 Å². The number of fused-ring (bicyclic) bond motifs is 1. The van der Waals surface area contributed by atoms with E-state index in [1.54, 1.807) is 20.3 Å². The van der Waals surface area contributed by atoms with Crippen LogP contribution in [0.2, 0.25) is 0 Å². The topological polar surface area (TPSA) is 73.9 Å². The number of Topliss-reactive ketones (excluding diaryl/α,β-unsaturated/α-hetero) is 1. The van der Waals surface area contributed by atoms with Gasteiger partial charge in [-0.3, -0.25) is 4.79 Å². The molecule has 0 saturated heterocycles. The number of ketones is 1. The van der Waals surface area contributed by atoms with Crippen LogP contribution in [0.3, 0.4) is 0 Å². The van der Waals surface area contributed by atoms with Gasteiger partial charge in [-0.05, 0) is 44.4 Å². The molecule has 2 aliphatic rings. The molecule has 1 aromatic rings. The molecule has 1 heterocycles. The van der Waals surface area contributed by atoms with Crippen molar-refractivity contribution in [2.24, 2.45) is 5.92 Å². The molecule has 1 aliphatic carbocycles. The Hall–Kier alpha value is -2.28. The number of allylic oxidation sites excluding steroid dienone is 3. The Kier molecular flexibility index (Phi) is 6.91. The molecule has 3 rings (SSSR count). The summed E-state index contributed by atoms with van der Waals surface area (Å²) < 4.78 is 17.3. The lowest BCUT2D eigenvalue weighted by molar-refractivity contribution is -0.144. The minimum atomic E-state index is -0.490. The first kappa shape index (κ1) is 22.4. The quantitative estimate of drug-likeness (QED) is 0.601. The summed E-state index contributed by atoms with van der Waals surface area (Å²) in [5.41, 5.74) is 2.80. The molecule has 3 unspecified atom stereocenters. The fraction of sp³-hybridized carbons (Fsp3) is 0.478. The normalized spacial score (nSPS) is 21.9. The largest absolute Gasteiger partial charge is 0.493 e. The smallest absolute Gasteiger partial charge is 0.336 e. The first-order valence-corrected chi connectivity index (χ1v) is 10.9. The number of hydrogen-bond donors (Lipinski definition) is 1. The molecular weight excluding hydrogens is 450 g/mol. The van der Waals surface area contributed by atoms with Crippen LogP contribution in [0.4, 0.5) is 0 Å². The van der Waals surface area contributed by atoms with E-state index in [0.717, 1.165) is 15.7 Å². The maximum Gasteiger partial charge on any atom is 0.336 e. The number of halogens is 1. The van der Waals surface area contributed by atoms with E-state index in [4.69, 9.17) is 14.2 Å². The minimum absolute atomic E-state index is 0.105. The standard InChI is InChI=1S/C23H28BrNO5/c1-6-12(2)30-23(27)20-13(3)25-16-8-7-9-17(26)22(16)21(20)14-10-18(28-4)19(29-5)11-15(14)24/h8,10-12,21-22,25H,6-7,9H2,1-5H3. The van der Waals surface area contributed by atoms with E-state index in [-0.39, 0.29) is 11.9 Å². The van der Waals surface area contributed by atoms with E-state index in [1.807, 2.05) is 32.9 Å². The summed E-state index contributed by atoms with van der Waals surface area (Å²) in [6.07, 6.45) is 3.69. The van der Waals surface area contributed by atoms with Gasteiger partial charge in [0.2, 0.25) is 0 Å². The lowest BCUT2D eigenvalue weighted by Crippen LogP contribution is -2.41. The summed E-state index contributed by atoms with van der Waals surface area (Å²) in [5, 5.41) is 3.29. The number of carbonyl (C=O) groups is 2. The van der Waals surface area contributed by atoms with Gasteiger partial charge in [0, 0.05) is 28.2 Å². The van der Waals surface area contributed by atoms with Crippen molar-refractivity contribution in [3.8, 4) is 11.5 Å². The molecule has 3 atom stereocenters. The Labute approximate surface area is 185 Å². The number of methoxy groups -OCH3 is 2. The van der Waals surface area contributed by atoms with Crippen LogP contribution >= 0.6 is 15.9 Å². The Morgan fingerprint density at radius 2 is 1.90 bits per heavy atom. The molecule has 0 aromatic heterocycles. The number of hydrogen-bond acceptors (Lipinski definition) is 6. The molecule has 0 amide bonds. The SMILES string of the molecule is CCC(C)OC(=O)C1=C(C)NC2=CCCC(=O)C2C1c1cc(OC)c(OC)cc1Br. The van der Waals surface area contributed by atoms with E-state index in [2.05, 4.69) is 21.2 Å². The zero-order chi connectivity index (χ0) is 22.0. The molecule has 0 radical (unpaired) electrons. The van der Waals surface area contributed by atoms with E-state index in [9.17, 15) is 9.59 Å². The number of benzene rings is 1. The van der Waals surface area contributed by atoms with Crippen molar-refractivity contribution in [1.29, 1.82) is 0 Å². The molecule has 1 aliphatic heterocycles. The van der Waals surface area contributed by atoms with Crippen molar-refractivity contribution in [1.82, 2.24) is 5.32 Å². The number of esters is 1. The number of nitrogens with one attached hydrogen (secondary N) is 1. The van der Waals surface area contributed by atoms with Crippen molar-refractivity contribution in [3.63, 3.8) is 0 Å². The van der Waals surface area contributed by atoms with Gasteiger partial charge in [0.25, 0.3) is 0 Å². The summed E-state index contributed by atoms with van der Waals surface area (Å²) >= 11 is 3.62. The third kappa shape index (κ3) is 4.13. The van der Waals surface area contributed by atoms with Gasteiger partial charge in [0.15, 0.2) is 11.5 Å². The van der Waals surface area contributed by atoms with E-state index < -0.39 is 17.8 Å². The fourth-order valence-electron chi connectivity index (χ4n) is 4.06. The lowest BCUT2D eigenvalue weighted by Gasteiger charge is -2.38. The van der Waals surface area contributed by atoms with Gasteiger partial charge in [-0.15, -0.1) is 0 Å². The molecule has 7 heteroatoms. The average Bonchev–Trinajstić information content (AvgIpc) is 2.72. The fourth-order valence-corrected chi connectivity index (χ4v) is 4.63. The number of ether oxygens (including phenoxy) is 3. The zero-order valence-corrected chi connectivity index (χ0v) is 19.6. The number of rotatable bonds is 6. The molecule has 0 fully saturated rings. The Morgan fingerprint density at radius 3 is 2.53 bits per heavy atom. The Bertz CT molecular complexity index is 920. The van der Waals surface area contributed by atoms with Gasteiger partial charge in [-0.25, -0.2) is 4.79 Å². The predicted molar refractivity (Wildman–Crippen MR) is 117 cm³/mol. The Balaban J connectivity index is 2.20. The summed E-state index contributed by atoms with van der Waals surface area (Å²) in [4.78, 5) is 26.2. The molecule has 30 heavy (non-hydrogen) atoms. The minimum Gasteiger partial charge on any atom is -0.493 e. The summed E-state index contributed by atoms with van der Waals surface area (Å²) in [7, 11) is 3.13. The van der Waals surface area contributed by atoms with Crippen LogP contribution < -0.4 is 14.8 Å². The molecule has 0 spiro atoms. The highest BCUT2D eigenvalue weighted by atomic mass is 79.9. The molecule has 6 nitrogen and oxygen atoms in total. The molecule has 1 aromatic carbocycles. The Morgan fingerprint density at radius 1 is 1.23 bits per heavy atom. The van der Waals surface area contributed by atoms with Crippen LogP contribution in [0, 0.1) is 5.92 Å². The highest BCUT2D eigenvalue weighted by molar-refractivity contribution is 9.10. The van der Waals surface area contributed by atoms with Crippen LogP contribution in [-0.4, -0.2) is 32.1 Å². The van der Waals surface area contributed by atoms with Gasteiger partial charge in [-0.2, -0.15) is 0 Å². The van der Waals surface area contributed by atoms with Gasteiger partial charge in [0.1, 0.15) is 5.78 Å². The van der Waals surface area contributed by atoms with Crippen molar-refractivity contribution in [2.75, 3.05) is 14.2 Å². The predicted octanol–water partition coefficient (Wildman–Crippen LogP) is 4.63. The second-order valence-corrected chi connectivity index (χ2v) is 8.49. The molecule has 0 bridgehead atoms. The monoisotopic (exact) mass is 477 g/mol. The third-order valence-electron chi connectivity index (χ3n) is 5.76. The summed E-state index contributed by atoms with van der Waals surface area (Å²) in [5.74, 6) is -0.161. The van der Waals surface area contributed by atoms with Crippen LogP contribution in [0.5, 0.6) is 11.5 Å². The van der Waals surface area contributed by atoms with Gasteiger partial charge in [0.05, 0.1) is 31.8 Å². The maximum atomic E-state index is 13.2. The molecular formula is C23H28BrNO5. The van der Waals surface area contributed by atoms with Crippen LogP contribution in [0.1, 0.15) is 51.5 Å². The van der Waals surface area contributed by atoms with Crippen LogP contribution in [0.15, 0.2) is 39.6 Å². The van der Waals surface area contributed by atoms with Gasteiger partial charge < -0.3 is 19.5 Å². The highest BCUT2D eigenvalue weighted by Crippen LogP contribution is 2.48. The van der Waals surface area contributed by atoms with E-state index in [1.165, 1.54) is 0 Å². The second-order valence-electron chi connectivity index (χ2n) is 7.64. The summed E-state index contributed by atoms with van der Waals surface area (Å²) in [6.45, 7) is 5.68. The highest BCUT2D eigenvalue weighted by Gasteiger charge is 2.44. The van der Waals surface area contributed by atoms with Crippen LogP contribution in [0.25, 0.3) is 0 Å². The molecule has 162 valence electrons. The van der Waals surface area contributed by atoms with Crippen molar-refractivity contribution in [2.45, 2.75) is 52.1 Å². The van der Waals surface area contributed by atoms with Crippen LogP contribution in [-0.2, 0) is 14.3 Å². The van der Waals surface area contributed by atoms with Gasteiger partial charge in [-0.1, -0.05) is 28.9 Å². The third-order valence-corrected chi connectivity index (χ3v) is 6.44. The second kappa shape index (κ2) is 9.25. The maximum absolute atomic E-state index is 13.2. The van der Waals surface area contributed by atoms with Gasteiger partial charge >= 0.3 is 5.97 Å². The van der Waals surface area contributed by atoms with E-state index in [0.29, 0.717) is 42.0 Å². The average molecular weight is 478 g/mol. The van der Waals surface area contributed by atoms with Crippen molar-refractivity contribution in [3.05, 3.63) is 45.2 Å². The van der Waals surface area contributed by atoms with Crippen molar-refractivity contribution < 1.29 is 23.8 Å². The molecule has 0 saturated carbocycles. The zero-order valence-electron chi connectivity index (χ0n) is 18.0. The lowest BCUT2D eigenvalue weighted by atomic mass is 9.71. The first-order valence-electron chi connectivity index (χ1n) is 10.1. The first-order chi connectivity index (χ1) is 14.3. The molecule has 1 N–H and O–H groups in total. The number of carbonyl (C=O) groups excluding carboxylic acids is 2.